The molecule has 0 radical (unpaired) electrons. The van der Waals surface area contributed by atoms with Gasteiger partial charge in [0.25, 0.3) is 0 Å². The average molecular weight is 342 g/mol. The van der Waals surface area contributed by atoms with Crippen molar-refractivity contribution in [2.45, 2.75) is 17.1 Å². The first-order chi connectivity index (χ1) is 11.1. The summed E-state index contributed by atoms with van der Waals surface area (Å²) in [6.45, 7) is 1.89. The van der Waals surface area contributed by atoms with Crippen molar-refractivity contribution >= 4 is 45.7 Å². The molecule has 0 aliphatic heterocycles. The Kier molecular flexibility index (Phi) is 4.89. The van der Waals surface area contributed by atoms with E-state index in [0.29, 0.717) is 10.7 Å². The number of benzene rings is 3. The zero-order valence-electron chi connectivity index (χ0n) is 12.6. The minimum atomic E-state index is -0.215. The maximum absolute atomic E-state index is 12.3. The van der Waals surface area contributed by atoms with E-state index in [4.69, 9.17) is 11.6 Å². The molecule has 3 rings (SSSR count). The molecule has 1 N–H and O–H groups in total. The summed E-state index contributed by atoms with van der Waals surface area (Å²) in [6.07, 6.45) is 0. The van der Waals surface area contributed by atoms with Crippen LogP contribution in [0.2, 0.25) is 5.02 Å². The summed E-state index contributed by atoms with van der Waals surface area (Å²) < 4.78 is 0. The van der Waals surface area contributed by atoms with Crippen LogP contribution in [0.5, 0.6) is 0 Å². The maximum Gasteiger partial charge on any atom is 0.237 e. The lowest BCUT2D eigenvalue weighted by Gasteiger charge is -2.13. The molecule has 2 nitrogen and oxygen atoms in total. The highest BCUT2D eigenvalue weighted by atomic mass is 35.5. The van der Waals surface area contributed by atoms with Gasteiger partial charge in [-0.15, -0.1) is 11.8 Å². The molecule has 0 aromatic heterocycles. The van der Waals surface area contributed by atoms with Crippen LogP contribution < -0.4 is 5.32 Å². The lowest BCUT2D eigenvalue weighted by molar-refractivity contribution is -0.115. The molecular weight excluding hydrogens is 326 g/mol. The van der Waals surface area contributed by atoms with Crippen molar-refractivity contribution < 1.29 is 4.79 Å². The van der Waals surface area contributed by atoms with E-state index in [9.17, 15) is 4.79 Å². The topological polar surface area (TPSA) is 29.1 Å². The zero-order chi connectivity index (χ0) is 16.2. The van der Waals surface area contributed by atoms with Crippen LogP contribution in [0.1, 0.15) is 6.92 Å². The molecule has 1 atom stereocenters. The number of halogens is 1. The van der Waals surface area contributed by atoms with Gasteiger partial charge >= 0.3 is 0 Å². The molecule has 0 bridgehead atoms. The molecule has 0 saturated heterocycles. The molecule has 0 aliphatic carbocycles. The van der Waals surface area contributed by atoms with Crippen LogP contribution in [0.15, 0.2) is 71.6 Å². The van der Waals surface area contributed by atoms with Crippen LogP contribution in [-0.4, -0.2) is 11.2 Å². The molecule has 0 spiro atoms. The van der Waals surface area contributed by atoms with Gasteiger partial charge in [0, 0.05) is 4.90 Å². The Morgan fingerprint density at radius 3 is 2.48 bits per heavy atom. The van der Waals surface area contributed by atoms with Crippen molar-refractivity contribution in [3.05, 3.63) is 71.8 Å². The fourth-order valence-corrected chi connectivity index (χ4v) is 3.39. The number of nitrogens with one attached hydrogen (secondary N) is 1. The van der Waals surface area contributed by atoms with E-state index >= 15 is 0 Å². The largest absolute Gasteiger partial charge is 0.324 e. The minimum Gasteiger partial charge on any atom is -0.324 e. The Bertz CT molecular complexity index is 849. The van der Waals surface area contributed by atoms with Crippen LogP contribution in [0, 0.1) is 0 Å². The molecule has 1 unspecified atom stereocenters. The number of para-hydroxylation sites is 1. The lowest BCUT2D eigenvalue weighted by atomic mass is 10.1. The van der Waals surface area contributed by atoms with Gasteiger partial charge in [-0.2, -0.15) is 0 Å². The fourth-order valence-electron chi connectivity index (χ4n) is 2.30. The quantitative estimate of drug-likeness (QED) is 0.625. The molecule has 116 valence electrons. The number of anilines is 1. The van der Waals surface area contributed by atoms with E-state index in [-0.39, 0.29) is 11.2 Å². The van der Waals surface area contributed by atoms with Gasteiger partial charge in [-0.25, -0.2) is 0 Å². The minimum absolute atomic E-state index is 0.0590. The monoisotopic (exact) mass is 341 g/mol. The molecule has 23 heavy (non-hydrogen) atoms. The number of carbonyl (C=O) groups is 1. The summed E-state index contributed by atoms with van der Waals surface area (Å²) in [6, 6.07) is 21.7. The normalized spacial score (nSPS) is 12.1. The summed E-state index contributed by atoms with van der Waals surface area (Å²) in [5, 5.41) is 5.58. The summed E-state index contributed by atoms with van der Waals surface area (Å²) >= 11 is 7.61. The highest BCUT2D eigenvalue weighted by Gasteiger charge is 2.15. The fraction of sp³-hybridized carbons (Fsp3) is 0.105. The number of rotatable bonds is 4. The third-order valence-corrected chi connectivity index (χ3v) is 4.96. The third-order valence-electron chi connectivity index (χ3n) is 3.53. The second-order valence-corrected chi connectivity index (χ2v) is 7.06. The van der Waals surface area contributed by atoms with Crippen molar-refractivity contribution in [1.82, 2.24) is 0 Å². The van der Waals surface area contributed by atoms with Gasteiger partial charge in [0.15, 0.2) is 0 Å². The summed E-state index contributed by atoms with van der Waals surface area (Å²) in [5.41, 5.74) is 0.644. The van der Waals surface area contributed by atoms with Crippen LogP contribution in [0.25, 0.3) is 10.8 Å². The van der Waals surface area contributed by atoms with Gasteiger partial charge in [-0.1, -0.05) is 54.1 Å². The summed E-state index contributed by atoms with van der Waals surface area (Å²) in [4.78, 5) is 13.4. The highest BCUT2D eigenvalue weighted by molar-refractivity contribution is 8.00. The smallest absolute Gasteiger partial charge is 0.237 e. The Hall–Kier alpha value is -1.97. The van der Waals surface area contributed by atoms with E-state index in [2.05, 4.69) is 29.6 Å². The van der Waals surface area contributed by atoms with Crippen molar-refractivity contribution in [3.63, 3.8) is 0 Å². The van der Waals surface area contributed by atoms with Crippen LogP contribution in [0.3, 0.4) is 0 Å². The molecule has 0 heterocycles. The lowest BCUT2D eigenvalue weighted by Crippen LogP contribution is -2.22. The molecular formula is C19H16ClNOS. The Labute approximate surface area is 144 Å². The van der Waals surface area contributed by atoms with E-state index < -0.39 is 0 Å². The predicted molar refractivity (Wildman–Crippen MR) is 99.3 cm³/mol. The maximum atomic E-state index is 12.3. The molecule has 0 aliphatic rings. The molecule has 0 saturated carbocycles. The number of thioether (sulfide) groups is 1. The number of amides is 1. The first-order valence-electron chi connectivity index (χ1n) is 7.34. The van der Waals surface area contributed by atoms with E-state index in [0.717, 1.165) is 4.90 Å². The zero-order valence-corrected chi connectivity index (χ0v) is 14.2. The van der Waals surface area contributed by atoms with E-state index in [1.165, 1.54) is 22.5 Å². The average Bonchev–Trinajstić information content (AvgIpc) is 2.56. The number of carbonyl (C=O) groups excluding carboxylic acids is 1. The SMILES string of the molecule is CC(Sc1ccc2ccccc2c1)C(=O)Nc1ccccc1Cl. The van der Waals surface area contributed by atoms with Crippen LogP contribution in [-0.2, 0) is 4.79 Å². The first kappa shape index (κ1) is 15.9. The van der Waals surface area contributed by atoms with Crippen molar-refractivity contribution in [3.8, 4) is 0 Å². The molecule has 4 heteroatoms. The summed E-state index contributed by atoms with van der Waals surface area (Å²) in [7, 11) is 0. The molecule has 3 aromatic rings. The van der Waals surface area contributed by atoms with Crippen LogP contribution in [0.4, 0.5) is 5.69 Å². The van der Waals surface area contributed by atoms with Crippen molar-refractivity contribution in [2.75, 3.05) is 5.32 Å². The Morgan fingerprint density at radius 2 is 1.70 bits per heavy atom. The first-order valence-corrected chi connectivity index (χ1v) is 8.60. The van der Waals surface area contributed by atoms with Gasteiger partial charge < -0.3 is 5.32 Å². The van der Waals surface area contributed by atoms with Crippen molar-refractivity contribution in [2.24, 2.45) is 0 Å². The van der Waals surface area contributed by atoms with Gasteiger partial charge in [0.05, 0.1) is 16.0 Å². The Morgan fingerprint density at radius 1 is 1.00 bits per heavy atom. The molecule has 0 fully saturated rings. The van der Waals surface area contributed by atoms with Gasteiger partial charge in [0.1, 0.15) is 0 Å². The van der Waals surface area contributed by atoms with Crippen LogP contribution >= 0.6 is 23.4 Å². The van der Waals surface area contributed by atoms with Crippen molar-refractivity contribution in [1.29, 1.82) is 0 Å². The predicted octanol–water partition coefficient (Wildman–Crippen LogP) is 5.61. The van der Waals surface area contributed by atoms with Gasteiger partial charge in [0.2, 0.25) is 5.91 Å². The van der Waals surface area contributed by atoms with E-state index in [1.54, 1.807) is 12.1 Å². The van der Waals surface area contributed by atoms with Gasteiger partial charge in [-0.05, 0) is 42.0 Å². The Balaban J connectivity index is 1.71. The van der Waals surface area contributed by atoms with E-state index in [1.807, 2.05) is 37.3 Å². The standard InChI is InChI=1S/C19H16ClNOS/c1-13(19(22)21-18-9-5-4-8-17(18)20)23-16-11-10-14-6-2-3-7-15(14)12-16/h2-13H,1H3,(H,21,22). The highest BCUT2D eigenvalue weighted by Crippen LogP contribution is 2.28. The molecule has 3 aromatic carbocycles. The molecule has 1 amide bonds. The number of fused-ring (bicyclic) bond motifs is 1. The second-order valence-electron chi connectivity index (χ2n) is 5.24. The second kappa shape index (κ2) is 7.07. The van der Waals surface area contributed by atoms with Gasteiger partial charge in [-0.3, -0.25) is 4.79 Å². The summed E-state index contributed by atoms with van der Waals surface area (Å²) in [5.74, 6) is -0.0590. The third kappa shape index (κ3) is 3.87. The number of hydrogen-bond acceptors (Lipinski definition) is 2. The number of hydrogen-bond donors (Lipinski definition) is 1.